The zero-order valence-electron chi connectivity index (χ0n) is 33.2. The predicted octanol–water partition coefficient (Wildman–Crippen LogP) is 6.01. The molecule has 4 aliphatic heterocycles. The molecular weight excluding hydrogens is 713 g/mol. The quantitative estimate of drug-likeness (QED) is 0.117. The van der Waals surface area contributed by atoms with Crippen LogP contribution in [0.2, 0.25) is 0 Å². The fraction of sp³-hybridized carbons (Fsp3) is 0.500. The third-order valence-corrected chi connectivity index (χ3v) is 11.9. The highest BCUT2D eigenvalue weighted by Gasteiger charge is 2.57. The molecule has 4 heterocycles. The van der Waals surface area contributed by atoms with E-state index < -0.39 is 18.1 Å². The van der Waals surface area contributed by atoms with Crippen LogP contribution in [-0.2, 0) is 33.6 Å². The van der Waals surface area contributed by atoms with E-state index in [9.17, 15) is 19.6 Å². The number of likely N-dealkylation sites (N-methyl/N-ethyl adjacent to an activating group) is 1. The molecule has 3 aromatic rings. The van der Waals surface area contributed by atoms with Gasteiger partial charge in [0.05, 0.1) is 31.8 Å². The van der Waals surface area contributed by atoms with Crippen LogP contribution in [0, 0.1) is 25.2 Å². The van der Waals surface area contributed by atoms with Crippen LogP contribution in [0.15, 0.2) is 36.4 Å². The van der Waals surface area contributed by atoms with Crippen molar-refractivity contribution in [2.24, 2.45) is 0 Å². The molecule has 0 spiro atoms. The van der Waals surface area contributed by atoms with E-state index in [1.165, 1.54) is 6.92 Å². The van der Waals surface area contributed by atoms with Gasteiger partial charge in [0.25, 0.3) is 0 Å². The van der Waals surface area contributed by atoms with E-state index in [1.807, 2.05) is 51.2 Å². The van der Waals surface area contributed by atoms with Gasteiger partial charge >= 0.3 is 11.9 Å². The highest BCUT2D eigenvalue weighted by Crippen LogP contribution is 2.58. The smallest absolute Gasteiger partial charge is 0.311 e. The summed E-state index contributed by atoms with van der Waals surface area (Å²) in [5, 5.41) is 14.5. The van der Waals surface area contributed by atoms with Crippen molar-refractivity contribution in [1.82, 2.24) is 15.1 Å². The van der Waals surface area contributed by atoms with E-state index in [0.29, 0.717) is 66.5 Å². The van der Waals surface area contributed by atoms with Crippen LogP contribution in [0.25, 0.3) is 0 Å². The largest absolute Gasteiger partial charge is 0.493 e. The molecule has 0 aromatic heterocycles. The minimum atomic E-state index is -0.568. The van der Waals surface area contributed by atoms with Gasteiger partial charge in [0.2, 0.25) is 6.79 Å². The number of unbranched alkanes of at least 4 members (excludes halogenated alkanes) is 2. The van der Waals surface area contributed by atoms with Crippen LogP contribution in [0.5, 0.6) is 28.7 Å². The number of ketones is 1. The van der Waals surface area contributed by atoms with Crippen LogP contribution < -0.4 is 29.0 Å². The number of rotatable bonds is 14. The Kier molecular flexibility index (Phi) is 11.7. The number of carbonyl (C=O) groups is 3. The second-order valence-electron chi connectivity index (χ2n) is 15.4. The topological polar surface area (TPSA) is 140 Å². The van der Waals surface area contributed by atoms with E-state index in [4.69, 9.17) is 23.7 Å². The molecule has 1 N–H and O–H groups in total. The van der Waals surface area contributed by atoms with E-state index in [1.54, 1.807) is 7.11 Å². The first-order chi connectivity index (χ1) is 27.1. The number of ether oxygens (including phenoxy) is 5. The van der Waals surface area contributed by atoms with Crippen molar-refractivity contribution < 1.29 is 38.1 Å². The van der Waals surface area contributed by atoms with Crippen LogP contribution in [0.1, 0.15) is 97.0 Å². The number of piperazine rings is 1. The van der Waals surface area contributed by atoms with Gasteiger partial charge in [-0.25, -0.2) is 0 Å². The highest BCUT2D eigenvalue weighted by atomic mass is 16.7. The molecule has 12 nitrogen and oxygen atoms in total. The van der Waals surface area contributed by atoms with Crippen LogP contribution in [0.4, 0.5) is 0 Å². The van der Waals surface area contributed by atoms with Gasteiger partial charge in [-0.05, 0) is 63.3 Å². The summed E-state index contributed by atoms with van der Waals surface area (Å²) in [4.78, 5) is 43.9. The first kappa shape index (κ1) is 39.3. The lowest BCUT2D eigenvalue weighted by Crippen LogP contribution is -2.68. The summed E-state index contributed by atoms with van der Waals surface area (Å²) in [6.45, 7) is 7.73. The molecule has 7 rings (SSSR count). The van der Waals surface area contributed by atoms with Gasteiger partial charge in [-0.1, -0.05) is 56.2 Å². The monoisotopic (exact) mass is 764 g/mol. The summed E-state index contributed by atoms with van der Waals surface area (Å²) in [7, 11) is 3.62. The van der Waals surface area contributed by atoms with Crippen molar-refractivity contribution in [2.45, 2.75) is 109 Å². The van der Waals surface area contributed by atoms with E-state index in [0.717, 1.165) is 52.6 Å². The number of hydrogen-bond acceptors (Lipinski definition) is 12. The number of nitrogens with one attached hydrogen (secondary N) is 1. The lowest BCUT2D eigenvalue weighted by atomic mass is 9.71. The van der Waals surface area contributed by atoms with E-state index in [-0.39, 0.29) is 49.6 Å². The lowest BCUT2D eigenvalue weighted by Gasteiger charge is -2.60. The van der Waals surface area contributed by atoms with Gasteiger partial charge in [0.1, 0.15) is 17.6 Å². The van der Waals surface area contributed by atoms with Crippen molar-refractivity contribution in [3.63, 3.8) is 0 Å². The minimum Gasteiger partial charge on any atom is -0.493 e. The number of aryl methyl sites for hydroxylation is 2. The molecule has 2 bridgehead atoms. The van der Waals surface area contributed by atoms with Gasteiger partial charge in [0.15, 0.2) is 23.0 Å². The maximum atomic E-state index is 13.4. The Morgan fingerprint density at radius 3 is 2.45 bits per heavy atom. The van der Waals surface area contributed by atoms with Crippen molar-refractivity contribution in [1.29, 1.82) is 5.26 Å². The number of esters is 2. The minimum absolute atomic E-state index is 0.00284. The van der Waals surface area contributed by atoms with E-state index in [2.05, 4.69) is 34.2 Å². The normalized spacial score (nSPS) is 22.0. The maximum Gasteiger partial charge on any atom is 0.311 e. The molecule has 12 heteroatoms. The first-order valence-corrected chi connectivity index (χ1v) is 19.8. The Bertz CT molecular complexity index is 2040. The van der Waals surface area contributed by atoms with Crippen molar-refractivity contribution >= 4 is 17.7 Å². The molecule has 0 aliphatic carbocycles. The third kappa shape index (κ3) is 7.24. The highest BCUT2D eigenvalue weighted by molar-refractivity contribution is 5.81. The Hall–Kier alpha value is -4.96. The van der Waals surface area contributed by atoms with Crippen LogP contribution in [-0.4, -0.2) is 79.7 Å². The summed E-state index contributed by atoms with van der Waals surface area (Å²) in [5.74, 6) is 1.71. The molecule has 0 saturated carbocycles. The molecular formula is C44H52N4O8. The Morgan fingerprint density at radius 1 is 0.964 bits per heavy atom. The third-order valence-electron chi connectivity index (χ3n) is 11.9. The molecule has 5 atom stereocenters. The number of hydrogen-bond donors (Lipinski definition) is 1. The molecule has 1 saturated heterocycles. The second-order valence-corrected chi connectivity index (χ2v) is 15.4. The average molecular weight is 765 g/mol. The molecule has 0 amide bonds. The number of Topliss-reactive ketones (excluding diaryl/α,β-unsaturated/α-hetero) is 1. The standard InChI is InChI=1S/C44H52N4O8/c1-7-8-10-15-36(51)56-44-37-29(18-25(2)40(44)52-6)19-32-34(21-45)48-33(39(37)47(32)5)20-31-38(43-42(53-24-54-43)26(3)41(31)55-27(4)49)35(48)23-46-22-30(50)17-16-28-13-11-9-12-14-28/h9,11-14,18,32-35,39,46H,7-8,10,15-17,19-20,22-24H2,1-6H3/t32-,33?,34+,35+,39-/m1/s1. The van der Waals surface area contributed by atoms with E-state index >= 15 is 0 Å². The molecule has 1 unspecified atom stereocenters. The number of benzene rings is 3. The predicted molar refractivity (Wildman–Crippen MR) is 208 cm³/mol. The fourth-order valence-electron chi connectivity index (χ4n) is 9.44. The van der Waals surface area contributed by atoms with Crippen molar-refractivity contribution in [3.8, 4) is 34.8 Å². The Morgan fingerprint density at radius 2 is 1.73 bits per heavy atom. The summed E-state index contributed by atoms with van der Waals surface area (Å²) < 4.78 is 30.5. The fourth-order valence-corrected chi connectivity index (χ4v) is 9.44. The number of fused-ring (bicyclic) bond motifs is 9. The number of carbonyl (C=O) groups excluding carboxylic acids is 3. The summed E-state index contributed by atoms with van der Waals surface area (Å²) in [6.07, 6.45) is 4.90. The van der Waals surface area contributed by atoms with Gasteiger partial charge in [-0.2, -0.15) is 5.26 Å². The van der Waals surface area contributed by atoms with Crippen LogP contribution >= 0.6 is 0 Å². The molecule has 296 valence electrons. The lowest BCUT2D eigenvalue weighted by molar-refractivity contribution is -0.135. The maximum absolute atomic E-state index is 13.4. The number of nitrogens with zero attached hydrogens (tertiary/aromatic N) is 3. The van der Waals surface area contributed by atoms with Crippen molar-refractivity contribution in [3.05, 3.63) is 75.3 Å². The van der Waals surface area contributed by atoms with Gasteiger partial charge in [-0.15, -0.1) is 0 Å². The molecule has 0 radical (unpaired) electrons. The summed E-state index contributed by atoms with van der Waals surface area (Å²) in [5.41, 5.74) is 6.06. The van der Waals surface area contributed by atoms with Gasteiger partial charge in [-0.3, -0.25) is 24.2 Å². The SMILES string of the molecule is CCCCCC(=O)Oc1c(OC)c(C)cc2c1[C@H]1C3Cc4c(OC(C)=O)c(C)c5c(c4[C@H](CNCC(=O)CCc4ccccc4)N3[C@@H](C#N)[C@@H](C2)N1C)OCO5. The Labute approximate surface area is 329 Å². The van der Waals surface area contributed by atoms with Crippen molar-refractivity contribution in [2.75, 3.05) is 34.0 Å². The average Bonchev–Trinajstić information content (AvgIpc) is 3.67. The van der Waals surface area contributed by atoms with Crippen LogP contribution in [0.3, 0.4) is 0 Å². The molecule has 56 heavy (non-hydrogen) atoms. The molecule has 4 aliphatic rings. The zero-order valence-corrected chi connectivity index (χ0v) is 33.2. The molecule has 1 fully saturated rings. The second kappa shape index (κ2) is 16.6. The van der Waals surface area contributed by atoms with Gasteiger partial charge < -0.3 is 29.0 Å². The van der Waals surface area contributed by atoms with Gasteiger partial charge in [0, 0.05) is 60.6 Å². The number of nitriles is 1. The summed E-state index contributed by atoms with van der Waals surface area (Å²) >= 11 is 0. The zero-order chi connectivity index (χ0) is 39.7. The number of methoxy groups -OCH3 is 1. The first-order valence-electron chi connectivity index (χ1n) is 19.8. The summed E-state index contributed by atoms with van der Waals surface area (Å²) in [6, 6.07) is 12.8. The Balaban J connectivity index is 1.33. The molecule has 3 aromatic carbocycles.